The predicted octanol–water partition coefficient (Wildman–Crippen LogP) is 1.82. The van der Waals surface area contributed by atoms with Gasteiger partial charge in [0, 0.05) is 11.0 Å². The van der Waals surface area contributed by atoms with Crippen LogP contribution >= 0.6 is 15.9 Å². The Bertz CT molecular complexity index is 375. The number of hydrogen-bond donors (Lipinski definition) is 2. The fourth-order valence-electron chi connectivity index (χ4n) is 1.86. The average Bonchev–Trinajstić information content (AvgIpc) is 2.81. The van der Waals surface area contributed by atoms with Crippen LogP contribution in [0, 0.1) is 0 Å². The van der Waals surface area contributed by atoms with Crippen LogP contribution in [0.15, 0.2) is 28.7 Å². The number of hydrogen-bond acceptors (Lipinski definition) is 2. The molecule has 86 valence electrons. The Morgan fingerprint density at radius 2 is 2.31 bits per heavy atom. The van der Waals surface area contributed by atoms with Crippen molar-refractivity contribution in [1.82, 2.24) is 10.6 Å². The highest BCUT2D eigenvalue weighted by molar-refractivity contribution is 9.10. The summed E-state index contributed by atoms with van der Waals surface area (Å²) in [7, 11) is 0. The van der Waals surface area contributed by atoms with Gasteiger partial charge in [-0.3, -0.25) is 4.79 Å². The number of carbonyl (C=O) groups is 1. The van der Waals surface area contributed by atoms with Gasteiger partial charge in [-0.2, -0.15) is 0 Å². The van der Waals surface area contributed by atoms with Crippen LogP contribution in [-0.4, -0.2) is 18.5 Å². The van der Waals surface area contributed by atoms with E-state index in [2.05, 4.69) is 26.6 Å². The van der Waals surface area contributed by atoms with Gasteiger partial charge in [0.15, 0.2) is 0 Å². The van der Waals surface area contributed by atoms with Gasteiger partial charge < -0.3 is 10.6 Å². The molecule has 16 heavy (non-hydrogen) atoms. The van der Waals surface area contributed by atoms with Crippen LogP contribution < -0.4 is 10.6 Å². The van der Waals surface area contributed by atoms with E-state index >= 15 is 0 Å². The van der Waals surface area contributed by atoms with E-state index in [0.29, 0.717) is 6.54 Å². The van der Waals surface area contributed by atoms with Crippen LogP contribution in [0.3, 0.4) is 0 Å². The Kier molecular flexibility index (Phi) is 3.96. The molecule has 3 nitrogen and oxygen atoms in total. The van der Waals surface area contributed by atoms with Crippen molar-refractivity contribution in [3.05, 3.63) is 34.3 Å². The van der Waals surface area contributed by atoms with Crippen LogP contribution in [-0.2, 0) is 11.3 Å². The van der Waals surface area contributed by atoms with Crippen LogP contribution in [0.25, 0.3) is 0 Å². The molecule has 0 radical (unpaired) electrons. The van der Waals surface area contributed by atoms with Gasteiger partial charge in [-0.05, 0) is 31.0 Å². The fraction of sp³-hybridized carbons (Fsp3) is 0.417. The summed E-state index contributed by atoms with van der Waals surface area (Å²) in [4.78, 5) is 11.7. The highest BCUT2D eigenvalue weighted by Crippen LogP contribution is 2.15. The summed E-state index contributed by atoms with van der Waals surface area (Å²) < 4.78 is 1.04. The maximum atomic E-state index is 11.7. The summed E-state index contributed by atoms with van der Waals surface area (Å²) in [6.45, 7) is 1.53. The molecule has 1 amide bonds. The maximum Gasteiger partial charge on any atom is 0.237 e. The summed E-state index contributed by atoms with van der Waals surface area (Å²) in [5.74, 6) is 0.105. The zero-order valence-electron chi connectivity index (χ0n) is 9.00. The van der Waals surface area contributed by atoms with E-state index in [4.69, 9.17) is 0 Å². The Hall–Kier alpha value is -0.870. The Morgan fingerprint density at radius 1 is 1.50 bits per heavy atom. The van der Waals surface area contributed by atoms with E-state index < -0.39 is 0 Å². The van der Waals surface area contributed by atoms with Crippen molar-refractivity contribution in [2.45, 2.75) is 25.4 Å². The lowest BCUT2D eigenvalue weighted by Crippen LogP contribution is -2.40. The van der Waals surface area contributed by atoms with Crippen LogP contribution in [0.4, 0.5) is 0 Å². The van der Waals surface area contributed by atoms with Crippen molar-refractivity contribution < 1.29 is 4.79 Å². The minimum absolute atomic E-state index is 0.00230. The molecule has 1 saturated heterocycles. The summed E-state index contributed by atoms with van der Waals surface area (Å²) >= 11 is 3.46. The monoisotopic (exact) mass is 282 g/mol. The summed E-state index contributed by atoms with van der Waals surface area (Å²) in [5, 5.41) is 6.13. The van der Waals surface area contributed by atoms with Gasteiger partial charge >= 0.3 is 0 Å². The SMILES string of the molecule is O=C(NCc1ccccc1Br)[C@H]1CCCN1. The van der Waals surface area contributed by atoms with E-state index in [1.807, 2.05) is 24.3 Å². The molecule has 4 heteroatoms. The van der Waals surface area contributed by atoms with Crippen molar-refractivity contribution in [2.24, 2.45) is 0 Å². The number of rotatable bonds is 3. The highest BCUT2D eigenvalue weighted by Gasteiger charge is 2.21. The van der Waals surface area contributed by atoms with Crippen LogP contribution in [0.1, 0.15) is 18.4 Å². The second kappa shape index (κ2) is 5.46. The molecule has 0 spiro atoms. The Labute approximate surface area is 104 Å². The van der Waals surface area contributed by atoms with Crippen molar-refractivity contribution in [1.29, 1.82) is 0 Å². The lowest BCUT2D eigenvalue weighted by Gasteiger charge is -2.11. The van der Waals surface area contributed by atoms with Crippen molar-refractivity contribution in [3.8, 4) is 0 Å². The lowest BCUT2D eigenvalue weighted by atomic mass is 10.2. The van der Waals surface area contributed by atoms with Crippen molar-refractivity contribution in [3.63, 3.8) is 0 Å². The molecule has 0 aliphatic carbocycles. The summed E-state index contributed by atoms with van der Waals surface area (Å²) in [5.41, 5.74) is 1.11. The largest absolute Gasteiger partial charge is 0.351 e. The van der Waals surface area contributed by atoms with Gasteiger partial charge in [0.05, 0.1) is 6.04 Å². The first-order chi connectivity index (χ1) is 7.77. The van der Waals surface area contributed by atoms with E-state index in [0.717, 1.165) is 29.4 Å². The molecule has 1 aromatic rings. The molecule has 0 unspecified atom stereocenters. The summed E-state index contributed by atoms with van der Waals surface area (Å²) in [6.07, 6.45) is 2.04. The smallest absolute Gasteiger partial charge is 0.237 e. The zero-order chi connectivity index (χ0) is 11.4. The molecule has 2 N–H and O–H groups in total. The van der Waals surface area contributed by atoms with Crippen LogP contribution in [0.5, 0.6) is 0 Å². The predicted molar refractivity (Wildman–Crippen MR) is 67.0 cm³/mol. The van der Waals surface area contributed by atoms with Gasteiger partial charge in [0.2, 0.25) is 5.91 Å². The molecule has 1 aromatic carbocycles. The molecule has 1 atom stereocenters. The Morgan fingerprint density at radius 3 is 3.00 bits per heavy atom. The van der Waals surface area contributed by atoms with E-state index in [9.17, 15) is 4.79 Å². The molecule has 1 heterocycles. The van der Waals surface area contributed by atoms with E-state index in [1.165, 1.54) is 0 Å². The molecule has 1 aliphatic rings. The molecule has 0 saturated carbocycles. The van der Waals surface area contributed by atoms with Crippen LogP contribution in [0.2, 0.25) is 0 Å². The topological polar surface area (TPSA) is 41.1 Å². The molecule has 0 bridgehead atoms. The molecule has 0 aromatic heterocycles. The zero-order valence-corrected chi connectivity index (χ0v) is 10.6. The van der Waals surface area contributed by atoms with Gasteiger partial charge in [-0.1, -0.05) is 34.1 Å². The molecular weight excluding hydrogens is 268 g/mol. The quantitative estimate of drug-likeness (QED) is 0.888. The fourth-order valence-corrected chi connectivity index (χ4v) is 2.28. The maximum absolute atomic E-state index is 11.7. The van der Waals surface area contributed by atoms with Gasteiger partial charge in [-0.15, -0.1) is 0 Å². The number of benzene rings is 1. The van der Waals surface area contributed by atoms with Gasteiger partial charge in [0.25, 0.3) is 0 Å². The normalized spacial score (nSPS) is 19.7. The van der Waals surface area contributed by atoms with Crippen molar-refractivity contribution >= 4 is 21.8 Å². The third-order valence-electron chi connectivity index (χ3n) is 2.79. The second-order valence-corrected chi connectivity index (χ2v) is 4.81. The molecule has 1 fully saturated rings. The number of halogens is 1. The third-order valence-corrected chi connectivity index (χ3v) is 3.56. The minimum atomic E-state index is 0.00230. The number of carbonyl (C=O) groups excluding carboxylic acids is 1. The number of amides is 1. The Balaban J connectivity index is 1.87. The first kappa shape index (κ1) is 11.6. The third kappa shape index (κ3) is 2.83. The summed E-state index contributed by atoms with van der Waals surface area (Å²) in [6, 6.07) is 7.93. The molecule has 2 rings (SSSR count). The highest BCUT2D eigenvalue weighted by atomic mass is 79.9. The van der Waals surface area contributed by atoms with Crippen molar-refractivity contribution in [2.75, 3.05) is 6.54 Å². The first-order valence-corrected chi connectivity index (χ1v) is 6.31. The van der Waals surface area contributed by atoms with E-state index in [-0.39, 0.29) is 11.9 Å². The van der Waals surface area contributed by atoms with E-state index in [1.54, 1.807) is 0 Å². The molecular formula is C12H15BrN2O. The molecule has 1 aliphatic heterocycles. The van der Waals surface area contributed by atoms with Gasteiger partial charge in [-0.25, -0.2) is 0 Å². The standard InChI is InChI=1S/C12H15BrN2O/c13-10-5-2-1-4-9(10)8-15-12(16)11-6-3-7-14-11/h1-2,4-5,11,14H,3,6-8H2,(H,15,16)/t11-/m1/s1. The number of nitrogens with one attached hydrogen (secondary N) is 2. The second-order valence-electron chi connectivity index (χ2n) is 3.96. The lowest BCUT2D eigenvalue weighted by molar-refractivity contribution is -0.122. The van der Waals surface area contributed by atoms with Gasteiger partial charge in [0.1, 0.15) is 0 Å². The average molecular weight is 283 g/mol. The minimum Gasteiger partial charge on any atom is -0.351 e. The first-order valence-electron chi connectivity index (χ1n) is 5.52.